The van der Waals surface area contributed by atoms with E-state index in [1.165, 1.54) is 62.6 Å². The Kier molecular flexibility index (Phi) is 14.8. The first-order valence-corrected chi connectivity index (χ1v) is 27.6. The minimum Gasteiger partial charge on any atom is -0.490 e. The number of amides is 1. The summed E-state index contributed by atoms with van der Waals surface area (Å²) in [7, 11) is 0. The second kappa shape index (κ2) is 20.8. The molecule has 364 valence electrons. The van der Waals surface area contributed by atoms with E-state index < -0.39 is 0 Å². The molecule has 10 unspecified atom stereocenters. The van der Waals surface area contributed by atoms with Crippen LogP contribution in [0, 0.1) is 28.6 Å². The van der Waals surface area contributed by atoms with Gasteiger partial charge in [-0.25, -0.2) is 21.3 Å². The highest BCUT2D eigenvalue weighted by Gasteiger charge is 2.53. The third kappa shape index (κ3) is 10.3. The average molecular weight is 955 g/mol. The lowest BCUT2D eigenvalue weighted by Crippen LogP contribution is -2.66. The summed E-state index contributed by atoms with van der Waals surface area (Å²) in [6, 6.07) is 17.0. The molecular weight excluding hydrogens is 878 g/mol. The zero-order chi connectivity index (χ0) is 46.2. The van der Waals surface area contributed by atoms with Crippen molar-refractivity contribution in [3.05, 3.63) is 58.6 Å². The molecule has 1 spiro atoms. The standard InChI is InChI=1S/C53H76ClN9O3S/c1-33-35(3)67-52-48(33)49(56-34(2)50-59-58-36(4)62(50)52)37-17-20-42(21-18-37)66-44-25-26-53(30-44)27-28-61(32-53)47-24-23-46(60-63(47)40-13-7-5-6-8-14-40)51(64)57-39-11-9-15-41(16-10-12-39)65-43-22-19-38(31-55)45(54)29-43/h17-22,29,33-36,39-41,44,46-48,50,52,58-60H,5-16,23-28,30,32H2,1-4H3,(H,57,64)/t33?,34-,35?,36?,39?,41?,44?,46?,47?,48?,50?,52?,53?/m0/s1. The van der Waals surface area contributed by atoms with Crippen LogP contribution in [0.1, 0.15) is 154 Å². The highest BCUT2D eigenvalue weighted by atomic mass is 35.5. The predicted molar refractivity (Wildman–Crippen MR) is 268 cm³/mol. The van der Waals surface area contributed by atoms with Crippen LogP contribution >= 0.6 is 23.4 Å². The first kappa shape index (κ1) is 47.7. The summed E-state index contributed by atoms with van der Waals surface area (Å²) in [4.78, 5) is 25.0. The predicted octanol–water partition coefficient (Wildman–Crippen LogP) is 9.13. The summed E-state index contributed by atoms with van der Waals surface area (Å²) in [5, 5.41) is 16.7. The van der Waals surface area contributed by atoms with Gasteiger partial charge in [-0.2, -0.15) is 5.26 Å². The third-order valence-corrected chi connectivity index (χ3v) is 19.3. The van der Waals surface area contributed by atoms with Gasteiger partial charge in [0, 0.05) is 48.1 Å². The maximum Gasteiger partial charge on any atom is 0.238 e. The summed E-state index contributed by atoms with van der Waals surface area (Å²) >= 11 is 8.39. The van der Waals surface area contributed by atoms with E-state index in [4.69, 9.17) is 26.1 Å². The van der Waals surface area contributed by atoms with Crippen LogP contribution in [-0.2, 0) is 4.79 Å². The molecule has 5 heterocycles. The lowest BCUT2D eigenvalue weighted by Gasteiger charge is -2.48. The maximum atomic E-state index is 14.1. The van der Waals surface area contributed by atoms with Crippen LogP contribution in [0.2, 0.25) is 5.02 Å². The van der Waals surface area contributed by atoms with Gasteiger partial charge in [-0.05, 0) is 157 Å². The highest BCUT2D eigenvalue weighted by molar-refractivity contribution is 8.00. The van der Waals surface area contributed by atoms with Crippen LogP contribution in [0.15, 0.2) is 47.5 Å². The number of nitriles is 1. The number of fused-ring (bicyclic) bond motifs is 3. The minimum absolute atomic E-state index is 0.110. The van der Waals surface area contributed by atoms with Gasteiger partial charge in [0.15, 0.2) is 0 Å². The molecule has 2 aromatic carbocycles. The summed E-state index contributed by atoms with van der Waals surface area (Å²) in [6.07, 6.45) is 20.9. The molecule has 3 aliphatic carbocycles. The molecule has 0 bridgehead atoms. The molecule has 0 radical (unpaired) electrons. The van der Waals surface area contributed by atoms with Crippen molar-refractivity contribution in [1.29, 1.82) is 5.26 Å². The van der Waals surface area contributed by atoms with Crippen LogP contribution < -0.4 is 31.1 Å². The molecule has 1 amide bonds. The molecule has 4 N–H and O–H groups in total. The van der Waals surface area contributed by atoms with E-state index in [-0.39, 0.29) is 54.0 Å². The zero-order valence-electron chi connectivity index (χ0n) is 40.4. The Morgan fingerprint density at radius 1 is 0.866 bits per heavy atom. The Morgan fingerprint density at radius 2 is 1.61 bits per heavy atom. The van der Waals surface area contributed by atoms with Crippen molar-refractivity contribution < 1.29 is 14.3 Å². The summed E-state index contributed by atoms with van der Waals surface area (Å²) in [6.45, 7) is 11.5. The van der Waals surface area contributed by atoms with Gasteiger partial charge in [0.2, 0.25) is 5.91 Å². The fourth-order valence-corrected chi connectivity index (χ4v) is 15.5. The third-order valence-electron chi connectivity index (χ3n) is 17.3. The Balaban J connectivity index is 0.737. The van der Waals surface area contributed by atoms with Crippen molar-refractivity contribution in [1.82, 2.24) is 36.4 Å². The van der Waals surface area contributed by atoms with Gasteiger partial charge in [0.25, 0.3) is 0 Å². The molecule has 12 nitrogen and oxygen atoms in total. The lowest BCUT2D eigenvalue weighted by molar-refractivity contribution is -0.132. The molecule has 10 rings (SSSR count). The SMILES string of the molecule is CC1SC2C(C(c3ccc(OC4CCC5(CCN(C6CCC(C(=O)NC7CCCC(Oc8ccc(C#N)c(Cl)c8)CCC7)NN6C6CCCCCC6)C5)C4)cc3)=N[C@@H](C)C3NNC(C)N23)C1C. The molecule has 4 saturated heterocycles. The summed E-state index contributed by atoms with van der Waals surface area (Å²) in [5.74, 6) is 2.77. The van der Waals surface area contributed by atoms with Crippen molar-refractivity contribution in [2.75, 3.05) is 13.1 Å². The second-order valence-electron chi connectivity index (χ2n) is 21.8. The number of nitrogens with one attached hydrogen (secondary N) is 4. The van der Waals surface area contributed by atoms with Gasteiger partial charge in [0.05, 0.1) is 52.7 Å². The number of hydrogen-bond donors (Lipinski definition) is 4. The number of rotatable bonds is 9. The monoisotopic (exact) mass is 954 g/mol. The molecule has 0 aromatic heterocycles. The topological polar surface area (TPSA) is 130 Å². The number of thioether (sulfide) groups is 1. The molecule has 3 saturated carbocycles. The molecule has 67 heavy (non-hydrogen) atoms. The fourth-order valence-electron chi connectivity index (χ4n) is 13.5. The molecule has 5 aliphatic heterocycles. The van der Waals surface area contributed by atoms with Crippen LogP contribution in [0.4, 0.5) is 0 Å². The zero-order valence-corrected chi connectivity index (χ0v) is 42.0. The van der Waals surface area contributed by atoms with Crippen molar-refractivity contribution in [2.45, 2.75) is 209 Å². The molecule has 11 atom stereocenters. The van der Waals surface area contributed by atoms with E-state index in [1.807, 2.05) is 6.07 Å². The first-order chi connectivity index (χ1) is 32.5. The van der Waals surface area contributed by atoms with Crippen molar-refractivity contribution >= 4 is 35.0 Å². The van der Waals surface area contributed by atoms with Crippen molar-refractivity contribution in [3.8, 4) is 17.6 Å². The number of benzene rings is 2. The van der Waals surface area contributed by atoms with Crippen molar-refractivity contribution in [3.63, 3.8) is 0 Å². The Labute approximate surface area is 409 Å². The highest BCUT2D eigenvalue weighted by Crippen LogP contribution is 2.50. The van der Waals surface area contributed by atoms with E-state index in [1.54, 1.807) is 12.1 Å². The number of hydrazine groups is 2. The van der Waals surface area contributed by atoms with E-state index >= 15 is 0 Å². The average Bonchev–Trinajstić information content (AvgIpc) is 4.02. The summed E-state index contributed by atoms with van der Waals surface area (Å²) < 4.78 is 13.2. The van der Waals surface area contributed by atoms with E-state index in [9.17, 15) is 10.1 Å². The van der Waals surface area contributed by atoms with Crippen LogP contribution in [0.3, 0.4) is 0 Å². The Morgan fingerprint density at radius 3 is 2.36 bits per heavy atom. The van der Waals surface area contributed by atoms with Crippen LogP contribution in [0.5, 0.6) is 11.5 Å². The van der Waals surface area contributed by atoms with Gasteiger partial charge >= 0.3 is 0 Å². The molecule has 2 aromatic rings. The van der Waals surface area contributed by atoms with Crippen LogP contribution in [-0.4, -0.2) is 105 Å². The van der Waals surface area contributed by atoms with Crippen molar-refractivity contribution in [2.24, 2.45) is 22.2 Å². The van der Waals surface area contributed by atoms with E-state index in [2.05, 4.69) is 106 Å². The molecule has 14 heteroatoms. The summed E-state index contributed by atoms with van der Waals surface area (Å²) in [5.41, 5.74) is 14.2. The number of nitrogens with zero attached hydrogens (tertiary/aromatic N) is 5. The van der Waals surface area contributed by atoms with Gasteiger partial charge in [-0.15, -0.1) is 11.8 Å². The fraction of sp³-hybridized carbons (Fsp3) is 0.717. The van der Waals surface area contributed by atoms with E-state index in [0.717, 1.165) is 88.8 Å². The van der Waals surface area contributed by atoms with Crippen LogP contribution in [0.25, 0.3) is 0 Å². The number of likely N-dealkylation sites (tertiary alicyclic amines) is 1. The number of carbonyl (C=O) groups is 1. The normalized spacial score (nSPS) is 37.9. The molecule has 8 aliphatic rings. The molecule has 7 fully saturated rings. The minimum atomic E-state index is -0.201. The number of aliphatic imine (C=N–C) groups is 1. The van der Waals surface area contributed by atoms with Gasteiger partial charge < -0.3 is 14.8 Å². The quantitative estimate of drug-likeness (QED) is 0.180. The largest absolute Gasteiger partial charge is 0.490 e. The number of hydrogen-bond acceptors (Lipinski definition) is 12. The Hall–Kier alpha value is -2.93. The first-order valence-electron chi connectivity index (χ1n) is 26.3. The number of ether oxygens (including phenoxy) is 2. The van der Waals surface area contributed by atoms with Gasteiger partial charge in [-0.1, -0.05) is 51.1 Å². The molecular formula is C53H76ClN9O3S. The number of carbonyl (C=O) groups excluding carboxylic acids is 1. The second-order valence-corrected chi connectivity index (χ2v) is 23.7. The van der Waals surface area contributed by atoms with Gasteiger partial charge in [-0.3, -0.25) is 19.6 Å². The number of halogens is 1. The maximum absolute atomic E-state index is 14.1. The Bertz CT molecular complexity index is 2110. The van der Waals surface area contributed by atoms with Gasteiger partial charge in [0.1, 0.15) is 23.6 Å². The smallest absolute Gasteiger partial charge is 0.238 e. The van der Waals surface area contributed by atoms with E-state index in [0.29, 0.717) is 45.3 Å². The lowest BCUT2D eigenvalue weighted by atomic mass is 9.84.